The Bertz CT molecular complexity index is 647. The summed E-state index contributed by atoms with van der Waals surface area (Å²) >= 11 is 0. The van der Waals surface area contributed by atoms with Gasteiger partial charge in [0.15, 0.2) is 0 Å². The molecule has 0 saturated heterocycles. The van der Waals surface area contributed by atoms with E-state index in [9.17, 15) is 0 Å². The molecule has 0 bridgehead atoms. The Balaban J connectivity index is 2.60. The third-order valence-electron chi connectivity index (χ3n) is 3.07. The molecule has 0 aliphatic heterocycles. The summed E-state index contributed by atoms with van der Waals surface area (Å²) in [5.41, 5.74) is 2.26. The van der Waals surface area contributed by atoms with Crippen LogP contribution >= 0.6 is 0 Å². The highest BCUT2D eigenvalue weighted by Gasteiger charge is 2.08. The van der Waals surface area contributed by atoms with Crippen LogP contribution in [0.25, 0.3) is 21.7 Å². The third-order valence-corrected chi connectivity index (χ3v) is 3.07. The minimum absolute atomic E-state index is 1.02. The highest BCUT2D eigenvalue weighted by molar-refractivity contribution is 6.05. The Labute approximate surface area is 88.3 Å². The second kappa shape index (κ2) is 2.86. The third kappa shape index (κ3) is 1.09. The predicted molar refractivity (Wildman–Crippen MR) is 63.2 cm³/mol. The van der Waals surface area contributed by atoms with Crippen LogP contribution in [0, 0.1) is 13.8 Å². The van der Waals surface area contributed by atoms with Gasteiger partial charge in [0.2, 0.25) is 0 Å². The molecule has 74 valence electrons. The van der Waals surface area contributed by atoms with E-state index in [1.807, 2.05) is 6.92 Å². The van der Waals surface area contributed by atoms with Crippen molar-refractivity contribution in [2.45, 2.75) is 13.8 Å². The zero-order valence-electron chi connectivity index (χ0n) is 8.87. The zero-order valence-corrected chi connectivity index (χ0v) is 8.87. The summed E-state index contributed by atoms with van der Waals surface area (Å²) in [5.74, 6) is 1.02. The Morgan fingerprint density at radius 1 is 0.867 bits per heavy atom. The van der Waals surface area contributed by atoms with Gasteiger partial charge in [0.1, 0.15) is 11.3 Å². The molecule has 0 fully saturated rings. The smallest absolute Gasteiger partial charge is 0.142 e. The van der Waals surface area contributed by atoms with Crippen molar-refractivity contribution in [3.8, 4) is 0 Å². The maximum atomic E-state index is 5.81. The van der Waals surface area contributed by atoms with Crippen LogP contribution in [0.3, 0.4) is 0 Å². The first kappa shape index (κ1) is 8.54. The van der Waals surface area contributed by atoms with E-state index in [1.165, 1.54) is 21.7 Å². The van der Waals surface area contributed by atoms with Gasteiger partial charge >= 0.3 is 0 Å². The van der Waals surface area contributed by atoms with Crippen molar-refractivity contribution in [3.05, 3.63) is 47.7 Å². The molecule has 0 saturated carbocycles. The maximum Gasteiger partial charge on any atom is 0.142 e. The molecule has 1 nitrogen and oxygen atoms in total. The fourth-order valence-electron chi connectivity index (χ4n) is 2.07. The van der Waals surface area contributed by atoms with Crippen LogP contribution in [0.5, 0.6) is 0 Å². The molecule has 0 unspecified atom stereocenters. The monoisotopic (exact) mass is 196 g/mol. The average molecular weight is 196 g/mol. The topological polar surface area (TPSA) is 13.1 Å². The first-order valence-electron chi connectivity index (χ1n) is 5.15. The van der Waals surface area contributed by atoms with E-state index in [1.54, 1.807) is 0 Å². The number of furan rings is 1. The molecule has 0 N–H and O–H groups in total. The molecule has 15 heavy (non-hydrogen) atoms. The van der Waals surface area contributed by atoms with Gasteiger partial charge in [-0.05, 0) is 24.8 Å². The quantitative estimate of drug-likeness (QED) is 0.525. The zero-order chi connectivity index (χ0) is 10.4. The predicted octanol–water partition coefficient (Wildman–Crippen LogP) is 4.20. The van der Waals surface area contributed by atoms with Gasteiger partial charge in [-0.15, -0.1) is 0 Å². The molecule has 2 aromatic carbocycles. The number of aryl methyl sites for hydroxylation is 2. The van der Waals surface area contributed by atoms with Gasteiger partial charge in [0, 0.05) is 10.8 Å². The first-order chi connectivity index (χ1) is 7.27. The highest BCUT2D eigenvalue weighted by atomic mass is 16.3. The SMILES string of the molecule is Cc1oc2c(ccc3ccccc32)c1C. The molecule has 1 heterocycles. The summed E-state index contributed by atoms with van der Waals surface area (Å²) < 4.78 is 5.81. The fraction of sp³-hybridized carbons (Fsp3) is 0.143. The molecule has 0 radical (unpaired) electrons. The summed E-state index contributed by atoms with van der Waals surface area (Å²) in [4.78, 5) is 0. The molecule has 0 atom stereocenters. The summed E-state index contributed by atoms with van der Waals surface area (Å²) in [6.45, 7) is 4.13. The van der Waals surface area contributed by atoms with Crippen LogP contribution in [0.4, 0.5) is 0 Å². The molecule has 1 heteroatoms. The number of hydrogen-bond acceptors (Lipinski definition) is 1. The van der Waals surface area contributed by atoms with Crippen molar-refractivity contribution in [2.75, 3.05) is 0 Å². The second-order valence-corrected chi connectivity index (χ2v) is 3.95. The lowest BCUT2D eigenvalue weighted by Gasteiger charge is -1.97. The maximum absolute atomic E-state index is 5.81. The van der Waals surface area contributed by atoms with Gasteiger partial charge in [-0.1, -0.05) is 36.4 Å². The van der Waals surface area contributed by atoms with Crippen LogP contribution < -0.4 is 0 Å². The van der Waals surface area contributed by atoms with Gasteiger partial charge in [-0.3, -0.25) is 0 Å². The van der Waals surface area contributed by atoms with Crippen molar-refractivity contribution in [3.63, 3.8) is 0 Å². The van der Waals surface area contributed by atoms with Crippen molar-refractivity contribution >= 4 is 21.7 Å². The molecule has 0 spiro atoms. The Morgan fingerprint density at radius 3 is 2.53 bits per heavy atom. The van der Waals surface area contributed by atoms with Gasteiger partial charge in [-0.2, -0.15) is 0 Å². The Hall–Kier alpha value is -1.76. The molecular formula is C14H12O. The van der Waals surface area contributed by atoms with Crippen LogP contribution in [0.2, 0.25) is 0 Å². The Kier molecular flexibility index (Phi) is 1.63. The van der Waals surface area contributed by atoms with Gasteiger partial charge in [0.25, 0.3) is 0 Å². The number of hydrogen-bond donors (Lipinski definition) is 0. The normalized spacial score (nSPS) is 11.3. The van der Waals surface area contributed by atoms with Crippen LogP contribution in [0.15, 0.2) is 40.8 Å². The lowest BCUT2D eigenvalue weighted by molar-refractivity contribution is 0.578. The molecule has 3 aromatic rings. The van der Waals surface area contributed by atoms with Crippen LogP contribution in [-0.2, 0) is 0 Å². The van der Waals surface area contributed by atoms with Gasteiger partial charge in [-0.25, -0.2) is 0 Å². The van der Waals surface area contributed by atoms with E-state index >= 15 is 0 Å². The Morgan fingerprint density at radius 2 is 1.67 bits per heavy atom. The number of benzene rings is 2. The van der Waals surface area contributed by atoms with Crippen LogP contribution in [-0.4, -0.2) is 0 Å². The van der Waals surface area contributed by atoms with Crippen LogP contribution in [0.1, 0.15) is 11.3 Å². The van der Waals surface area contributed by atoms with E-state index in [0.29, 0.717) is 0 Å². The van der Waals surface area contributed by atoms with E-state index in [4.69, 9.17) is 4.42 Å². The van der Waals surface area contributed by atoms with E-state index in [-0.39, 0.29) is 0 Å². The van der Waals surface area contributed by atoms with Gasteiger partial charge < -0.3 is 4.42 Å². The summed E-state index contributed by atoms with van der Waals surface area (Å²) in [6, 6.07) is 12.6. The van der Waals surface area contributed by atoms with E-state index in [2.05, 4.69) is 43.3 Å². The highest BCUT2D eigenvalue weighted by Crippen LogP contribution is 2.30. The number of fused-ring (bicyclic) bond motifs is 3. The van der Waals surface area contributed by atoms with Crippen molar-refractivity contribution < 1.29 is 4.42 Å². The minimum atomic E-state index is 1.02. The molecule has 1 aromatic heterocycles. The summed E-state index contributed by atoms with van der Waals surface area (Å²) in [7, 11) is 0. The standard InChI is InChI=1S/C14H12O/c1-9-10(2)15-14-12(9)8-7-11-5-3-4-6-13(11)14/h3-8H,1-2H3. The molecule has 0 aliphatic carbocycles. The second-order valence-electron chi connectivity index (χ2n) is 3.95. The van der Waals surface area contributed by atoms with E-state index in [0.717, 1.165) is 11.3 Å². The first-order valence-corrected chi connectivity index (χ1v) is 5.15. The van der Waals surface area contributed by atoms with E-state index < -0.39 is 0 Å². The minimum Gasteiger partial charge on any atom is -0.460 e. The lowest BCUT2D eigenvalue weighted by Crippen LogP contribution is -1.73. The van der Waals surface area contributed by atoms with Crippen molar-refractivity contribution in [1.29, 1.82) is 0 Å². The molecular weight excluding hydrogens is 184 g/mol. The fourth-order valence-corrected chi connectivity index (χ4v) is 2.07. The van der Waals surface area contributed by atoms with Gasteiger partial charge in [0.05, 0.1) is 0 Å². The largest absolute Gasteiger partial charge is 0.460 e. The molecule has 0 amide bonds. The van der Waals surface area contributed by atoms with Crippen molar-refractivity contribution in [1.82, 2.24) is 0 Å². The molecule has 3 rings (SSSR count). The lowest BCUT2D eigenvalue weighted by atomic mass is 10.1. The number of rotatable bonds is 0. The summed E-state index contributed by atoms with van der Waals surface area (Å²) in [5, 5.41) is 3.66. The van der Waals surface area contributed by atoms with Crippen molar-refractivity contribution in [2.24, 2.45) is 0 Å². The average Bonchev–Trinajstić information content (AvgIpc) is 2.56. The molecule has 0 aliphatic rings. The summed E-state index contributed by atoms with van der Waals surface area (Å²) in [6.07, 6.45) is 0.